The van der Waals surface area contributed by atoms with Gasteiger partial charge in [0.15, 0.2) is 0 Å². The molecule has 0 bridgehead atoms. The first-order valence-electron chi connectivity index (χ1n) is 3.56. The Morgan fingerprint density at radius 1 is 1.60 bits per heavy atom. The molecule has 1 heterocycles. The number of halogens is 4. The van der Waals surface area contributed by atoms with Gasteiger partial charge in [0.25, 0.3) is 11.7 Å². The van der Waals surface area contributed by atoms with Crippen molar-refractivity contribution in [2.45, 2.75) is 6.43 Å². The molecule has 7 heteroatoms. The molecule has 0 spiro atoms. The Bertz CT molecular complexity index is 457. The summed E-state index contributed by atoms with van der Waals surface area (Å²) in [6, 6.07) is 2.38. The molecule has 0 radical (unpaired) electrons. The first kappa shape index (κ1) is 11.8. The molecule has 0 unspecified atom stereocenters. The number of carbonyl (C=O) groups excluding carboxylic acids is 1. The van der Waals surface area contributed by atoms with E-state index in [1.54, 1.807) is 0 Å². The minimum absolute atomic E-state index is 0.265. The van der Waals surface area contributed by atoms with Crippen LogP contribution in [0.4, 0.5) is 8.78 Å². The van der Waals surface area contributed by atoms with Crippen molar-refractivity contribution in [3.63, 3.8) is 0 Å². The Morgan fingerprint density at radius 2 is 2.20 bits per heavy atom. The third kappa shape index (κ3) is 2.41. The number of nitrogens with zero attached hydrogens (tertiary/aromatic N) is 2. The normalized spacial score (nSPS) is 10.1. The summed E-state index contributed by atoms with van der Waals surface area (Å²) in [5.41, 5.74) is -1.44. The summed E-state index contributed by atoms with van der Waals surface area (Å²) < 4.78 is 24.7. The van der Waals surface area contributed by atoms with E-state index in [-0.39, 0.29) is 5.56 Å². The highest BCUT2D eigenvalue weighted by molar-refractivity contribution is 6.68. The Labute approximate surface area is 93.2 Å². The first-order chi connectivity index (χ1) is 6.97. The van der Waals surface area contributed by atoms with Crippen LogP contribution in [0, 0.1) is 11.3 Å². The number of pyridine rings is 1. The number of aromatic nitrogens is 1. The van der Waals surface area contributed by atoms with Gasteiger partial charge < -0.3 is 0 Å². The Morgan fingerprint density at radius 3 is 2.60 bits per heavy atom. The molecule has 0 amide bonds. The molecular formula is C8H2Cl2F2N2O. The summed E-state index contributed by atoms with van der Waals surface area (Å²) in [6.07, 6.45) is -2.93. The van der Waals surface area contributed by atoms with E-state index >= 15 is 0 Å². The summed E-state index contributed by atoms with van der Waals surface area (Å²) in [5.74, 6) is 0. The SMILES string of the molecule is N#Cc1cc(C(=O)Cl)c(Cl)nc1C(F)F. The quantitative estimate of drug-likeness (QED) is 0.599. The molecule has 15 heavy (non-hydrogen) atoms. The van der Waals surface area contributed by atoms with Crippen molar-refractivity contribution in [2.75, 3.05) is 0 Å². The number of hydrogen-bond donors (Lipinski definition) is 0. The lowest BCUT2D eigenvalue weighted by atomic mass is 10.1. The molecule has 0 N–H and O–H groups in total. The second-order valence-corrected chi connectivity index (χ2v) is 3.15. The van der Waals surface area contributed by atoms with E-state index < -0.39 is 28.1 Å². The van der Waals surface area contributed by atoms with Crippen LogP contribution in [0.5, 0.6) is 0 Å². The lowest BCUT2D eigenvalue weighted by molar-refractivity contribution is 0.108. The van der Waals surface area contributed by atoms with Crippen LogP contribution in [0.2, 0.25) is 5.15 Å². The molecular weight excluding hydrogens is 249 g/mol. The maximum Gasteiger partial charge on any atom is 0.281 e. The molecule has 0 atom stereocenters. The smallest absolute Gasteiger partial charge is 0.275 e. The number of alkyl halides is 2. The van der Waals surface area contributed by atoms with Crippen LogP contribution in [-0.4, -0.2) is 10.2 Å². The highest BCUT2D eigenvalue weighted by Gasteiger charge is 2.20. The van der Waals surface area contributed by atoms with E-state index in [0.29, 0.717) is 0 Å². The molecule has 1 aromatic heterocycles. The van der Waals surface area contributed by atoms with Gasteiger partial charge in [0, 0.05) is 0 Å². The van der Waals surface area contributed by atoms with Crippen molar-refractivity contribution in [1.29, 1.82) is 5.26 Å². The molecule has 3 nitrogen and oxygen atoms in total. The van der Waals surface area contributed by atoms with Crippen molar-refractivity contribution in [2.24, 2.45) is 0 Å². The highest BCUT2D eigenvalue weighted by atomic mass is 35.5. The van der Waals surface area contributed by atoms with Gasteiger partial charge in [-0.15, -0.1) is 0 Å². The predicted molar refractivity (Wildman–Crippen MR) is 49.1 cm³/mol. The van der Waals surface area contributed by atoms with Crippen molar-refractivity contribution < 1.29 is 13.6 Å². The van der Waals surface area contributed by atoms with Crippen LogP contribution in [0.3, 0.4) is 0 Å². The molecule has 0 aliphatic heterocycles. The second kappa shape index (κ2) is 4.51. The average Bonchev–Trinajstić information content (AvgIpc) is 2.16. The molecule has 0 saturated heterocycles. The largest absolute Gasteiger partial charge is 0.281 e. The van der Waals surface area contributed by atoms with Gasteiger partial charge in [-0.25, -0.2) is 13.8 Å². The molecule has 0 aliphatic carbocycles. The third-order valence-corrected chi connectivity index (χ3v) is 2.04. The topological polar surface area (TPSA) is 53.8 Å². The van der Waals surface area contributed by atoms with E-state index in [0.717, 1.165) is 6.07 Å². The van der Waals surface area contributed by atoms with Crippen LogP contribution in [0.25, 0.3) is 0 Å². The third-order valence-electron chi connectivity index (χ3n) is 1.54. The Balaban J connectivity index is 3.44. The van der Waals surface area contributed by atoms with Crippen LogP contribution in [0.15, 0.2) is 6.07 Å². The molecule has 0 aliphatic rings. The Kier molecular flexibility index (Phi) is 3.56. The fraction of sp³-hybridized carbons (Fsp3) is 0.125. The van der Waals surface area contributed by atoms with Gasteiger partial charge in [-0.1, -0.05) is 11.6 Å². The molecule has 78 valence electrons. The standard InChI is InChI=1S/C8H2Cl2F2N2O/c9-6-4(7(10)15)1-3(2-13)5(14-6)8(11)12/h1,8H. The van der Waals surface area contributed by atoms with Gasteiger partial charge in [0.05, 0.1) is 11.1 Å². The summed E-state index contributed by atoms with van der Waals surface area (Å²) in [7, 11) is 0. The number of hydrogen-bond acceptors (Lipinski definition) is 3. The zero-order chi connectivity index (χ0) is 11.6. The summed E-state index contributed by atoms with van der Waals surface area (Å²) in [5, 5.41) is 7.15. The lowest BCUT2D eigenvalue weighted by Crippen LogP contribution is -2.01. The van der Waals surface area contributed by atoms with E-state index in [1.807, 2.05) is 0 Å². The molecule has 0 fully saturated rings. The van der Waals surface area contributed by atoms with Gasteiger partial charge in [-0.2, -0.15) is 5.26 Å². The maximum absolute atomic E-state index is 12.3. The molecule has 1 aromatic rings. The van der Waals surface area contributed by atoms with Crippen LogP contribution < -0.4 is 0 Å². The molecule has 0 aromatic carbocycles. The predicted octanol–water partition coefficient (Wildman–Crippen LogP) is 2.92. The Hall–Kier alpha value is -1.25. The summed E-state index contributed by atoms with van der Waals surface area (Å²) in [6.45, 7) is 0. The zero-order valence-corrected chi connectivity index (χ0v) is 8.48. The fourth-order valence-electron chi connectivity index (χ4n) is 0.898. The lowest BCUT2D eigenvalue weighted by Gasteiger charge is -2.04. The number of rotatable bonds is 2. The monoisotopic (exact) mass is 250 g/mol. The van der Waals surface area contributed by atoms with Gasteiger partial charge in [0.2, 0.25) is 0 Å². The maximum atomic E-state index is 12.3. The molecule has 1 rings (SSSR count). The van der Waals surface area contributed by atoms with Crippen molar-refractivity contribution >= 4 is 28.4 Å². The first-order valence-corrected chi connectivity index (χ1v) is 4.31. The van der Waals surface area contributed by atoms with Gasteiger partial charge >= 0.3 is 0 Å². The number of nitriles is 1. The van der Waals surface area contributed by atoms with Gasteiger partial charge in [-0.3, -0.25) is 4.79 Å². The van der Waals surface area contributed by atoms with Crippen LogP contribution >= 0.6 is 23.2 Å². The van der Waals surface area contributed by atoms with Gasteiger partial charge in [-0.05, 0) is 17.7 Å². The van der Waals surface area contributed by atoms with E-state index in [9.17, 15) is 13.6 Å². The van der Waals surface area contributed by atoms with E-state index in [4.69, 9.17) is 28.5 Å². The summed E-state index contributed by atoms with van der Waals surface area (Å²) in [4.78, 5) is 14.0. The van der Waals surface area contributed by atoms with E-state index in [1.165, 1.54) is 6.07 Å². The minimum Gasteiger partial charge on any atom is -0.275 e. The number of carbonyl (C=O) groups is 1. The fourth-order valence-corrected chi connectivity index (χ4v) is 1.32. The van der Waals surface area contributed by atoms with E-state index in [2.05, 4.69) is 4.98 Å². The van der Waals surface area contributed by atoms with Crippen molar-refractivity contribution in [3.8, 4) is 6.07 Å². The van der Waals surface area contributed by atoms with Crippen LogP contribution in [-0.2, 0) is 0 Å². The molecule has 0 saturated carbocycles. The second-order valence-electron chi connectivity index (χ2n) is 2.45. The van der Waals surface area contributed by atoms with Crippen LogP contribution in [0.1, 0.15) is 28.0 Å². The summed E-state index contributed by atoms with van der Waals surface area (Å²) >= 11 is 10.5. The van der Waals surface area contributed by atoms with Crippen molar-refractivity contribution in [3.05, 3.63) is 28.0 Å². The highest BCUT2D eigenvalue weighted by Crippen LogP contribution is 2.25. The van der Waals surface area contributed by atoms with Crippen molar-refractivity contribution in [1.82, 2.24) is 4.98 Å². The average molecular weight is 251 g/mol. The zero-order valence-electron chi connectivity index (χ0n) is 6.97. The minimum atomic E-state index is -2.93. The van der Waals surface area contributed by atoms with Gasteiger partial charge in [0.1, 0.15) is 16.9 Å².